The van der Waals surface area contributed by atoms with E-state index in [4.69, 9.17) is 5.11 Å². The topological polar surface area (TPSA) is 32.3 Å². The molecule has 0 spiro atoms. The lowest BCUT2D eigenvalue weighted by molar-refractivity contribution is -0.197. The van der Waals surface area contributed by atoms with Gasteiger partial charge in [-0.25, -0.2) is 0 Å². The third kappa shape index (κ3) is 1.56. The summed E-state index contributed by atoms with van der Waals surface area (Å²) < 4.78 is 36.9. The van der Waals surface area contributed by atoms with Crippen LogP contribution < -0.4 is 5.32 Å². The van der Waals surface area contributed by atoms with Gasteiger partial charge < -0.3 is 10.4 Å². The highest BCUT2D eigenvalue weighted by Crippen LogP contribution is 2.41. The van der Waals surface area contributed by atoms with Crippen molar-refractivity contribution in [3.63, 3.8) is 0 Å². The molecular formula is C7H12F3NO. The number of nitrogens with one attached hydrogen (secondary N) is 1. The van der Waals surface area contributed by atoms with Gasteiger partial charge in [0.15, 0.2) is 0 Å². The van der Waals surface area contributed by atoms with Gasteiger partial charge >= 0.3 is 6.18 Å². The summed E-state index contributed by atoms with van der Waals surface area (Å²) in [6.07, 6.45) is -4.21. The Bertz CT molecular complexity index is 171. The number of hydrogen-bond donors (Lipinski definition) is 2. The fourth-order valence-electron chi connectivity index (χ4n) is 1.55. The van der Waals surface area contributed by atoms with Crippen molar-refractivity contribution in [1.82, 2.24) is 5.32 Å². The first-order chi connectivity index (χ1) is 5.40. The first kappa shape index (κ1) is 9.80. The minimum Gasteiger partial charge on any atom is -0.396 e. The second kappa shape index (κ2) is 2.88. The number of aliphatic hydroxyl groups is 1. The molecule has 2 N–H and O–H groups in total. The normalized spacial score (nSPS) is 37.2. The molecule has 1 fully saturated rings. The van der Waals surface area contributed by atoms with Gasteiger partial charge in [-0.2, -0.15) is 13.2 Å². The lowest BCUT2D eigenvalue weighted by atomic mass is 9.80. The van der Waals surface area contributed by atoms with Gasteiger partial charge in [-0.1, -0.05) is 6.92 Å². The molecule has 5 heteroatoms. The summed E-state index contributed by atoms with van der Waals surface area (Å²) in [6, 6.07) is 0. The quantitative estimate of drug-likeness (QED) is 0.629. The fourth-order valence-corrected chi connectivity index (χ4v) is 1.55. The van der Waals surface area contributed by atoms with Crippen LogP contribution in [0.25, 0.3) is 0 Å². The molecule has 2 nitrogen and oxygen atoms in total. The van der Waals surface area contributed by atoms with Crippen LogP contribution in [-0.4, -0.2) is 31.0 Å². The molecule has 0 radical (unpaired) electrons. The van der Waals surface area contributed by atoms with Gasteiger partial charge in [0.05, 0.1) is 12.5 Å². The molecule has 0 aliphatic carbocycles. The van der Waals surface area contributed by atoms with E-state index in [1.165, 1.54) is 6.92 Å². The Morgan fingerprint density at radius 3 is 2.50 bits per heavy atom. The van der Waals surface area contributed by atoms with E-state index in [1.54, 1.807) is 0 Å². The molecule has 1 heterocycles. The number of hydrogen-bond acceptors (Lipinski definition) is 2. The molecule has 1 aliphatic heterocycles. The van der Waals surface area contributed by atoms with Crippen LogP contribution in [-0.2, 0) is 0 Å². The maximum atomic E-state index is 12.3. The summed E-state index contributed by atoms with van der Waals surface area (Å²) in [5.74, 6) is -1.42. The van der Waals surface area contributed by atoms with E-state index >= 15 is 0 Å². The second-order valence-corrected chi connectivity index (χ2v) is 3.54. The van der Waals surface area contributed by atoms with Gasteiger partial charge in [-0.3, -0.25) is 0 Å². The van der Waals surface area contributed by atoms with Crippen LogP contribution in [0.5, 0.6) is 0 Å². The van der Waals surface area contributed by atoms with Crippen LogP contribution >= 0.6 is 0 Å². The predicted octanol–water partition coefficient (Wildman–Crippen LogP) is 0.767. The van der Waals surface area contributed by atoms with E-state index in [1.807, 2.05) is 0 Å². The summed E-state index contributed by atoms with van der Waals surface area (Å²) in [7, 11) is 0. The third-order valence-electron chi connectivity index (χ3n) is 2.47. The maximum absolute atomic E-state index is 12.3. The molecule has 1 aliphatic rings. The number of alkyl halides is 3. The molecule has 72 valence electrons. The van der Waals surface area contributed by atoms with Crippen molar-refractivity contribution < 1.29 is 18.3 Å². The molecule has 0 aromatic heterocycles. The molecule has 0 bridgehead atoms. The van der Waals surface area contributed by atoms with Gasteiger partial charge in [0, 0.05) is 18.5 Å². The average molecular weight is 183 g/mol. The van der Waals surface area contributed by atoms with Crippen LogP contribution in [0.4, 0.5) is 13.2 Å². The van der Waals surface area contributed by atoms with E-state index in [0.29, 0.717) is 0 Å². The Morgan fingerprint density at radius 2 is 2.17 bits per heavy atom. The summed E-state index contributed by atoms with van der Waals surface area (Å²) in [5, 5.41) is 11.5. The summed E-state index contributed by atoms with van der Waals surface area (Å²) >= 11 is 0. The monoisotopic (exact) mass is 183 g/mol. The molecule has 0 saturated carbocycles. The minimum absolute atomic E-state index is 0.0828. The van der Waals surface area contributed by atoms with E-state index in [-0.39, 0.29) is 13.1 Å². The summed E-state index contributed by atoms with van der Waals surface area (Å²) in [5.41, 5.74) is -1.04. The van der Waals surface area contributed by atoms with E-state index in [9.17, 15) is 13.2 Å². The molecule has 0 aromatic carbocycles. The molecule has 2 atom stereocenters. The SMILES string of the molecule is C[C@@]1(CO)CNC[C@@H]1C(F)(F)F. The average Bonchev–Trinajstić information content (AvgIpc) is 2.31. The molecule has 0 amide bonds. The highest BCUT2D eigenvalue weighted by molar-refractivity contribution is 4.94. The van der Waals surface area contributed by atoms with Crippen molar-refractivity contribution in [2.75, 3.05) is 19.7 Å². The Hall–Kier alpha value is -0.290. The van der Waals surface area contributed by atoms with Crippen molar-refractivity contribution in [1.29, 1.82) is 0 Å². The highest BCUT2D eigenvalue weighted by atomic mass is 19.4. The first-order valence-electron chi connectivity index (χ1n) is 3.78. The van der Waals surface area contributed by atoms with Crippen molar-refractivity contribution in [2.24, 2.45) is 11.3 Å². The molecular weight excluding hydrogens is 171 g/mol. The summed E-state index contributed by atoms with van der Waals surface area (Å²) in [6.45, 7) is 1.17. The van der Waals surface area contributed by atoms with E-state index in [0.717, 1.165) is 0 Å². The van der Waals surface area contributed by atoms with Crippen molar-refractivity contribution in [3.8, 4) is 0 Å². The molecule has 0 unspecified atom stereocenters. The Morgan fingerprint density at radius 1 is 1.58 bits per heavy atom. The van der Waals surface area contributed by atoms with Crippen molar-refractivity contribution in [2.45, 2.75) is 13.1 Å². The number of halogens is 3. The fraction of sp³-hybridized carbons (Fsp3) is 1.00. The Kier molecular flexibility index (Phi) is 2.35. The van der Waals surface area contributed by atoms with Crippen LogP contribution in [0.15, 0.2) is 0 Å². The van der Waals surface area contributed by atoms with Gasteiger partial charge in [0.2, 0.25) is 0 Å². The standard InChI is InChI=1S/C7H12F3NO/c1-6(4-12)3-11-2-5(6)7(8,9)10/h5,11-12H,2-4H2,1H3/t5-,6-/m0/s1. The first-order valence-corrected chi connectivity index (χ1v) is 3.78. The second-order valence-electron chi connectivity index (χ2n) is 3.54. The Labute approximate surface area is 68.8 Å². The van der Waals surface area contributed by atoms with Gasteiger partial charge in [-0.15, -0.1) is 0 Å². The zero-order chi connectivity index (χ0) is 9.41. The smallest absolute Gasteiger partial charge is 0.393 e. The van der Waals surface area contributed by atoms with Gasteiger partial charge in [0.1, 0.15) is 0 Å². The van der Waals surface area contributed by atoms with Crippen LogP contribution in [0.1, 0.15) is 6.92 Å². The lowest BCUT2D eigenvalue weighted by Gasteiger charge is -2.29. The molecule has 1 rings (SSSR count). The van der Waals surface area contributed by atoms with E-state index < -0.39 is 24.1 Å². The van der Waals surface area contributed by atoms with Gasteiger partial charge in [0.25, 0.3) is 0 Å². The van der Waals surface area contributed by atoms with Gasteiger partial charge in [-0.05, 0) is 0 Å². The van der Waals surface area contributed by atoms with Crippen molar-refractivity contribution >= 4 is 0 Å². The lowest BCUT2D eigenvalue weighted by Crippen LogP contribution is -2.39. The molecule has 1 saturated heterocycles. The highest BCUT2D eigenvalue weighted by Gasteiger charge is 2.53. The van der Waals surface area contributed by atoms with Crippen LogP contribution in [0.2, 0.25) is 0 Å². The zero-order valence-corrected chi connectivity index (χ0v) is 6.78. The van der Waals surface area contributed by atoms with Crippen molar-refractivity contribution in [3.05, 3.63) is 0 Å². The predicted molar refractivity (Wildman–Crippen MR) is 37.6 cm³/mol. The molecule has 0 aromatic rings. The third-order valence-corrected chi connectivity index (χ3v) is 2.47. The largest absolute Gasteiger partial charge is 0.396 e. The summed E-state index contributed by atoms with van der Waals surface area (Å²) in [4.78, 5) is 0. The molecule has 12 heavy (non-hydrogen) atoms. The van der Waals surface area contributed by atoms with Crippen LogP contribution in [0.3, 0.4) is 0 Å². The number of aliphatic hydroxyl groups excluding tert-OH is 1. The van der Waals surface area contributed by atoms with E-state index in [2.05, 4.69) is 5.32 Å². The Balaban J connectivity index is 2.77. The zero-order valence-electron chi connectivity index (χ0n) is 6.78. The van der Waals surface area contributed by atoms with Crippen LogP contribution in [0, 0.1) is 11.3 Å². The minimum atomic E-state index is -4.21. The maximum Gasteiger partial charge on any atom is 0.393 e. The number of rotatable bonds is 1.